The lowest BCUT2D eigenvalue weighted by atomic mass is 10.0. The van der Waals surface area contributed by atoms with E-state index in [4.69, 9.17) is 4.74 Å². The highest BCUT2D eigenvalue weighted by atomic mass is 19.2. The SMILES string of the molecule is O=C(NC1COc2ccccc2C1)c1ccc(F)c(F)c1F. The predicted octanol–water partition coefficient (Wildman–Crippen LogP) is 2.84. The Morgan fingerprint density at radius 3 is 2.68 bits per heavy atom. The number of amides is 1. The van der Waals surface area contributed by atoms with Crippen molar-refractivity contribution in [1.29, 1.82) is 0 Å². The molecule has 2 aromatic carbocycles. The minimum Gasteiger partial charge on any atom is -0.491 e. The van der Waals surface area contributed by atoms with E-state index in [2.05, 4.69) is 5.32 Å². The number of benzene rings is 2. The van der Waals surface area contributed by atoms with Crippen LogP contribution in [0.1, 0.15) is 15.9 Å². The number of carbonyl (C=O) groups excluding carboxylic acids is 1. The Hall–Kier alpha value is -2.50. The van der Waals surface area contributed by atoms with Crippen molar-refractivity contribution in [2.75, 3.05) is 6.61 Å². The second-order valence-corrected chi connectivity index (χ2v) is 5.02. The Morgan fingerprint density at radius 2 is 1.86 bits per heavy atom. The molecule has 114 valence electrons. The number of rotatable bonds is 2. The molecule has 0 spiro atoms. The first-order valence-corrected chi connectivity index (χ1v) is 6.71. The Bertz CT molecular complexity index is 733. The summed E-state index contributed by atoms with van der Waals surface area (Å²) >= 11 is 0. The van der Waals surface area contributed by atoms with Crippen LogP contribution in [-0.2, 0) is 6.42 Å². The van der Waals surface area contributed by atoms with Gasteiger partial charge in [0.25, 0.3) is 5.91 Å². The molecule has 1 amide bonds. The molecule has 1 atom stereocenters. The second kappa shape index (κ2) is 5.71. The number of carbonyl (C=O) groups is 1. The van der Waals surface area contributed by atoms with E-state index in [1.807, 2.05) is 24.3 Å². The zero-order valence-corrected chi connectivity index (χ0v) is 11.4. The zero-order valence-electron chi connectivity index (χ0n) is 11.4. The van der Waals surface area contributed by atoms with Gasteiger partial charge in [-0.05, 0) is 30.2 Å². The van der Waals surface area contributed by atoms with Crippen molar-refractivity contribution in [3.05, 3.63) is 65.0 Å². The quantitative estimate of drug-likeness (QED) is 0.867. The number of hydrogen-bond donors (Lipinski definition) is 1. The first-order chi connectivity index (χ1) is 10.6. The van der Waals surface area contributed by atoms with Crippen LogP contribution in [0, 0.1) is 17.5 Å². The number of hydrogen-bond acceptors (Lipinski definition) is 2. The molecule has 2 aromatic rings. The molecule has 1 aliphatic rings. The molecule has 1 unspecified atom stereocenters. The van der Waals surface area contributed by atoms with Crippen molar-refractivity contribution in [3.63, 3.8) is 0 Å². The van der Waals surface area contributed by atoms with Crippen LogP contribution in [0.25, 0.3) is 0 Å². The van der Waals surface area contributed by atoms with Crippen molar-refractivity contribution in [3.8, 4) is 5.75 Å². The summed E-state index contributed by atoms with van der Waals surface area (Å²) in [6.45, 7) is 0.230. The number of fused-ring (bicyclic) bond motifs is 1. The van der Waals surface area contributed by atoms with Gasteiger partial charge in [-0.15, -0.1) is 0 Å². The fourth-order valence-electron chi connectivity index (χ4n) is 2.39. The number of para-hydroxylation sites is 1. The van der Waals surface area contributed by atoms with Crippen LogP contribution in [-0.4, -0.2) is 18.6 Å². The van der Waals surface area contributed by atoms with E-state index in [1.54, 1.807) is 0 Å². The second-order valence-electron chi connectivity index (χ2n) is 5.02. The van der Waals surface area contributed by atoms with Gasteiger partial charge in [0.1, 0.15) is 12.4 Å². The fraction of sp³-hybridized carbons (Fsp3) is 0.188. The summed E-state index contributed by atoms with van der Waals surface area (Å²) < 4.78 is 45.2. The molecule has 0 radical (unpaired) electrons. The summed E-state index contributed by atoms with van der Waals surface area (Å²) in [7, 11) is 0. The minimum atomic E-state index is -1.65. The Labute approximate surface area is 124 Å². The Morgan fingerprint density at radius 1 is 1.09 bits per heavy atom. The summed E-state index contributed by atoms with van der Waals surface area (Å²) in [6, 6.07) is 8.65. The minimum absolute atomic E-state index is 0.230. The van der Waals surface area contributed by atoms with Gasteiger partial charge in [0.05, 0.1) is 11.6 Å². The zero-order chi connectivity index (χ0) is 15.7. The standard InChI is InChI=1S/C16H12F3NO2/c17-12-6-5-11(14(18)15(12)19)16(21)20-10-7-9-3-1-2-4-13(9)22-8-10/h1-6,10H,7-8H2,(H,20,21). The topological polar surface area (TPSA) is 38.3 Å². The molecule has 0 fully saturated rings. The third-order valence-electron chi connectivity index (χ3n) is 3.49. The van der Waals surface area contributed by atoms with Crippen LogP contribution in [0.3, 0.4) is 0 Å². The molecule has 0 bridgehead atoms. The molecular formula is C16H12F3NO2. The number of ether oxygens (including phenoxy) is 1. The predicted molar refractivity (Wildman–Crippen MR) is 73.2 cm³/mol. The van der Waals surface area contributed by atoms with Crippen LogP contribution in [0.5, 0.6) is 5.75 Å². The van der Waals surface area contributed by atoms with E-state index < -0.39 is 28.9 Å². The maximum atomic E-state index is 13.6. The average molecular weight is 307 g/mol. The van der Waals surface area contributed by atoms with Gasteiger partial charge in [-0.2, -0.15) is 0 Å². The molecule has 1 heterocycles. The smallest absolute Gasteiger partial charge is 0.254 e. The van der Waals surface area contributed by atoms with Gasteiger partial charge in [0, 0.05) is 0 Å². The van der Waals surface area contributed by atoms with Crippen molar-refractivity contribution in [2.24, 2.45) is 0 Å². The molecule has 1 N–H and O–H groups in total. The van der Waals surface area contributed by atoms with E-state index >= 15 is 0 Å². The van der Waals surface area contributed by atoms with Gasteiger partial charge in [0.2, 0.25) is 0 Å². The van der Waals surface area contributed by atoms with Gasteiger partial charge >= 0.3 is 0 Å². The van der Waals surface area contributed by atoms with Crippen LogP contribution in [0.4, 0.5) is 13.2 Å². The van der Waals surface area contributed by atoms with Crippen LogP contribution in [0.2, 0.25) is 0 Å². The van der Waals surface area contributed by atoms with Crippen molar-refractivity contribution in [2.45, 2.75) is 12.5 Å². The summed E-state index contributed by atoms with van der Waals surface area (Å²) in [5, 5.41) is 2.57. The van der Waals surface area contributed by atoms with Gasteiger partial charge in [-0.3, -0.25) is 4.79 Å². The summed E-state index contributed by atoms with van der Waals surface area (Å²) in [4.78, 5) is 12.0. The molecule has 0 aliphatic carbocycles. The van der Waals surface area contributed by atoms with Gasteiger partial charge in [-0.1, -0.05) is 18.2 Å². The lowest BCUT2D eigenvalue weighted by Crippen LogP contribution is -2.43. The third-order valence-corrected chi connectivity index (χ3v) is 3.49. The van der Waals surface area contributed by atoms with E-state index in [9.17, 15) is 18.0 Å². The normalized spacial score (nSPS) is 16.6. The summed E-state index contributed by atoms with van der Waals surface area (Å²) in [5.41, 5.74) is 0.391. The maximum Gasteiger partial charge on any atom is 0.254 e. The van der Waals surface area contributed by atoms with Crippen molar-refractivity contribution < 1.29 is 22.7 Å². The van der Waals surface area contributed by atoms with E-state index in [0.29, 0.717) is 6.42 Å². The number of halogens is 3. The molecule has 6 heteroatoms. The van der Waals surface area contributed by atoms with Crippen LogP contribution < -0.4 is 10.1 Å². The fourth-order valence-corrected chi connectivity index (χ4v) is 2.39. The maximum absolute atomic E-state index is 13.6. The molecular weight excluding hydrogens is 295 g/mol. The highest BCUT2D eigenvalue weighted by Crippen LogP contribution is 2.24. The molecule has 0 saturated carbocycles. The van der Waals surface area contributed by atoms with Gasteiger partial charge < -0.3 is 10.1 Å². The van der Waals surface area contributed by atoms with E-state index in [1.165, 1.54) is 0 Å². The molecule has 3 nitrogen and oxygen atoms in total. The Kier molecular flexibility index (Phi) is 3.75. The molecule has 22 heavy (non-hydrogen) atoms. The molecule has 0 saturated heterocycles. The lowest BCUT2D eigenvalue weighted by molar-refractivity contribution is 0.0910. The largest absolute Gasteiger partial charge is 0.491 e. The van der Waals surface area contributed by atoms with Crippen molar-refractivity contribution in [1.82, 2.24) is 5.32 Å². The third kappa shape index (κ3) is 2.64. The van der Waals surface area contributed by atoms with E-state index in [0.717, 1.165) is 23.4 Å². The van der Waals surface area contributed by atoms with Crippen molar-refractivity contribution >= 4 is 5.91 Å². The highest BCUT2D eigenvalue weighted by molar-refractivity contribution is 5.94. The van der Waals surface area contributed by atoms with Gasteiger partial charge in [-0.25, -0.2) is 13.2 Å². The molecule has 0 aromatic heterocycles. The van der Waals surface area contributed by atoms with Crippen LogP contribution in [0.15, 0.2) is 36.4 Å². The molecule has 1 aliphatic heterocycles. The number of nitrogens with one attached hydrogen (secondary N) is 1. The van der Waals surface area contributed by atoms with Gasteiger partial charge in [0.15, 0.2) is 17.5 Å². The summed E-state index contributed by atoms with van der Waals surface area (Å²) in [5.74, 6) is -4.53. The van der Waals surface area contributed by atoms with Crippen LogP contribution >= 0.6 is 0 Å². The average Bonchev–Trinajstić information content (AvgIpc) is 2.52. The Balaban J connectivity index is 1.75. The first kappa shape index (κ1) is 14.4. The lowest BCUT2D eigenvalue weighted by Gasteiger charge is -2.26. The first-order valence-electron chi connectivity index (χ1n) is 6.71. The monoisotopic (exact) mass is 307 g/mol. The van der Waals surface area contributed by atoms with E-state index in [-0.39, 0.29) is 12.6 Å². The molecule has 3 rings (SSSR count). The summed E-state index contributed by atoms with van der Waals surface area (Å²) in [6.07, 6.45) is 0.521. The highest BCUT2D eigenvalue weighted by Gasteiger charge is 2.24.